The Bertz CT molecular complexity index is 898. The smallest absolute Gasteiger partial charge is 0.164 e. The number of fused-ring (bicyclic) bond motifs is 1. The molecular formula is C20H24Cl2N4. The fourth-order valence-electron chi connectivity index (χ4n) is 3.53. The molecule has 0 aliphatic rings. The summed E-state index contributed by atoms with van der Waals surface area (Å²) in [5.41, 5.74) is 3.30. The second kappa shape index (κ2) is 8.36. The van der Waals surface area contributed by atoms with Crippen LogP contribution in [0, 0.1) is 0 Å². The Morgan fingerprint density at radius 1 is 1.04 bits per heavy atom. The molecule has 2 aromatic heterocycles. The molecule has 2 heterocycles. The van der Waals surface area contributed by atoms with E-state index >= 15 is 0 Å². The van der Waals surface area contributed by atoms with Gasteiger partial charge in [-0.05, 0) is 31.0 Å². The molecule has 4 nitrogen and oxygen atoms in total. The molecule has 0 N–H and O–H groups in total. The van der Waals surface area contributed by atoms with Crippen LogP contribution in [0.4, 0.5) is 0 Å². The van der Waals surface area contributed by atoms with Gasteiger partial charge in [0.2, 0.25) is 0 Å². The molecule has 3 aromatic rings. The number of hydrogen-bond donors (Lipinski definition) is 0. The van der Waals surface area contributed by atoms with Crippen molar-refractivity contribution in [3.8, 4) is 11.3 Å². The molecular weight excluding hydrogens is 367 g/mol. The van der Waals surface area contributed by atoms with Gasteiger partial charge in [0.1, 0.15) is 23.4 Å². The lowest BCUT2D eigenvalue weighted by atomic mass is 10.1. The molecule has 26 heavy (non-hydrogen) atoms. The molecule has 0 unspecified atom stereocenters. The predicted octanol–water partition coefficient (Wildman–Crippen LogP) is 6.50. The zero-order valence-corrected chi connectivity index (χ0v) is 17.0. The molecule has 1 aromatic carbocycles. The Morgan fingerprint density at radius 2 is 1.77 bits per heavy atom. The third-order valence-electron chi connectivity index (χ3n) is 4.66. The average Bonchev–Trinajstić information content (AvgIpc) is 3.00. The highest BCUT2D eigenvalue weighted by atomic mass is 35.5. The minimum Gasteiger partial charge on any atom is -0.309 e. The largest absolute Gasteiger partial charge is 0.309 e. The van der Waals surface area contributed by atoms with Crippen molar-refractivity contribution in [2.24, 2.45) is 0 Å². The van der Waals surface area contributed by atoms with Gasteiger partial charge in [-0.1, -0.05) is 56.8 Å². The molecule has 0 amide bonds. The van der Waals surface area contributed by atoms with Crippen molar-refractivity contribution in [3.63, 3.8) is 0 Å². The lowest BCUT2D eigenvalue weighted by Gasteiger charge is -2.20. The SMILES string of the molecule is CCCC(CCC)n1c(CC)nc2c(-c3ccc(Cl)cc3Cl)ncnc21. The van der Waals surface area contributed by atoms with E-state index in [9.17, 15) is 0 Å². The van der Waals surface area contributed by atoms with E-state index in [0.29, 0.717) is 16.1 Å². The maximum absolute atomic E-state index is 6.43. The van der Waals surface area contributed by atoms with E-state index in [1.54, 1.807) is 12.4 Å². The highest BCUT2D eigenvalue weighted by Gasteiger charge is 2.22. The van der Waals surface area contributed by atoms with Gasteiger partial charge in [-0.15, -0.1) is 0 Å². The maximum atomic E-state index is 6.43. The summed E-state index contributed by atoms with van der Waals surface area (Å²) in [5.74, 6) is 1.05. The minimum absolute atomic E-state index is 0.411. The van der Waals surface area contributed by atoms with Crippen LogP contribution < -0.4 is 0 Å². The zero-order valence-electron chi connectivity index (χ0n) is 15.5. The third kappa shape index (κ3) is 3.58. The summed E-state index contributed by atoms with van der Waals surface area (Å²) in [4.78, 5) is 14.0. The summed E-state index contributed by atoms with van der Waals surface area (Å²) >= 11 is 12.5. The van der Waals surface area contributed by atoms with Crippen molar-refractivity contribution in [3.05, 3.63) is 40.4 Å². The van der Waals surface area contributed by atoms with E-state index in [4.69, 9.17) is 28.2 Å². The van der Waals surface area contributed by atoms with Crippen molar-refractivity contribution in [1.82, 2.24) is 19.5 Å². The lowest BCUT2D eigenvalue weighted by Crippen LogP contribution is -2.12. The van der Waals surface area contributed by atoms with E-state index in [1.165, 1.54) is 0 Å². The van der Waals surface area contributed by atoms with Crippen LogP contribution in [0.2, 0.25) is 10.0 Å². The van der Waals surface area contributed by atoms with Gasteiger partial charge in [-0.2, -0.15) is 0 Å². The standard InChI is InChI=1S/C20H24Cl2N4/c1-4-7-14(8-5-2)26-17(6-3)25-19-18(23-12-24-20(19)26)15-10-9-13(21)11-16(15)22/h9-12,14H,4-8H2,1-3H3. The Balaban J connectivity index is 2.23. The first-order valence-corrected chi connectivity index (χ1v) is 10.0. The summed E-state index contributed by atoms with van der Waals surface area (Å²) in [5, 5.41) is 1.18. The van der Waals surface area contributed by atoms with Crippen LogP contribution in [0.1, 0.15) is 58.3 Å². The van der Waals surface area contributed by atoms with Crippen molar-refractivity contribution < 1.29 is 0 Å². The van der Waals surface area contributed by atoms with Gasteiger partial charge in [-0.25, -0.2) is 15.0 Å². The minimum atomic E-state index is 0.411. The molecule has 0 bridgehead atoms. The number of imidazole rings is 1. The van der Waals surface area contributed by atoms with Crippen LogP contribution in [0.5, 0.6) is 0 Å². The highest BCUT2D eigenvalue weighted by Crippen LogP contribution is 2.35. The van der Waals surface area contributed by atoms with Crippen molar-refractivity contribution in [2.75, 3.05) is 0 Å². The second-order valence-electron chi connectivity index (χ2n) is 6.50. The van der Waals surface area contributed by atoms with Crippen molar-refractivity contribution >= 4 is 34.4 Å². The quantitative estimate of drug-likeness (QED) is 0.461. The van der Waals surface area contributed by atoms with Gasteiger partial charge < -0.3 is 4.57 Å². The highest BCUT2D eigenvalue weighted by molar-refractivity contribution is 6.36. The topological polar surface area (TPSA) is 43.6 Å². The van der Waals surface area contributed by atoms with Crippen LogP contribution in [0.3, 0.4) is 0 Å². The molecule has 0 aliphatic heterocycles. The first kappa shape index (κ1) is 19.1. The van der Waals surface area contributed by atoms with Gasteiger partial charge in [-0.3, -0.25) is 0 Å². The summed E-state index contributed by atoms with van der Waals surface area (Å²) < 4.78 is 2.32. The number of halogens is 2. The Labute approximate surface area is 164 Å². The molecule has 0 saturated heterocycles. The summed E-state index contributed by atoms with van der Waals surface area (Å²) in [6, 6.07) is 5.87. The van der Waals surface area contributed by atoms with Crippen LogP contribution in [0.25, 0.3) is 22.4 Å². The lowest BCUT2D eigenvalue weighted by molar-refractivity contribution is 0.423. The zero-order chi connectivity index (χ0) is 18.7. The Morgan fingerprint density at radius 3 is 2.38 bits per heavy atom. The fourth-order valence-corrected chi connectivity index (χ4v) is 4.03. The first-order chi connectivity index (χ1) is 12.6. The van der Waals surface area contributed by atoms with Gasteiger partial charge >= 0.3 is 0 Å². The first-order valence-electron chi connectivity index (χ1n) is 9.27. The van der Waals surface area contributed by atoms with E-state index in [0.717, 1.165) is 60.3 Å². The molecule has 0 radical (unpaired) electrons. The molecule has 0 atom stereocenters. The van der Waals surface area contributed by atoms with Crippen LogP contribution >= 0.6 is 23.2 Å². The monoisotopic (exact) mass is 390 g/mol. The fraction of sp³-hybridized carbons (Fsp3) is 0.450. The molecule has 0 saturated carbocycles. The van der Waals surface area contributed by atoms with E-state index in [2.05, 4.69) is 35.3 Å². The Hall–Kier alpha value is -1.65. The van der Waals surface area contributed by atoms with Crippen LogP contribution in [-0.4, -0.2) is 19.5 Å². The molecule has 138 valence electrons. The van der Waals surface area contributed by atoms with Crippen LogP contribution in [0.15, 0.2) is 24.5 Å². The molecule has 0 fully saturated rings. The molecule has 3 rings (SSSR count). The molecule has 0 aliphatic carbocycles. The number of nitrogens with zero attached hydrogens (tertiary/aromatic N) is 4. The number of aromatic nitrogens is 4. The number of rotatable bonds is 7. The van der Waals surface area contributed by atoms with E-state index in [1.807, 2.05) is 12.1 Å². The average molecular weight is 391 g/mol. The molecule has 0 spiro atoms. The van der Waals surface area contributed by atoms with E-state index in [-0.39, 0.29) is 0 Å². The Kier molecular flexibility index (Phi) is 6.15. The van der Waals surface area contributed by atoms with Gasteiger partial charge in [0.15, 0.2) is 5.65 Å². The normalized spacial score (nSPS) is 11.6. The van der Waals surface area contributed by atoms with Crippen molar-refractivity contribution in [2.45, 2.75) is 58.9 Å². The molecule has 6 heteroatoms. The van der Waals surface area contributed by atoms with Crippen LogP contribution in [-0.2, 0) is 6.42 Å². The number of benzene rings is 1. The summed E-state index contributed by atoms with van der Waals surface area (Å²) in [6.07, 6.45) is 6.97. The number of hydrogen-bond acceptors (Lipinski definition) is 3. The summed E-state index contributed by atoms with van der Waals surface area (Å²) in [6.45, 7) is 6.58. The van der Waals surface area contributed by atoms with Gasteiger partial charge in [0.25, 0.3) is 0 Å². The van der Waals surface area contributed by atoms with E-state index < -0.39 is 0 Å². The van der Waals surface area contributed by atoms with Gasteiger partial charge in [0, 0.05) is 23.0 Å². The summed E-state index contributed by atoms with van der Waals surface area (Å²) in [7, 11) is 0. The maximum Gasteiger partial charge on any atom is 0.164 e. The van der Waals surface area contributed by atoms with Gasteiger partial charge in [0.05, 0.1) is 5.02 Å². The second-order valence-corrected chi connectivity index (χ2v) is 7.35. The predicted molar refractivity (Wildman–Crippen MR) is 109 cm³/mol. The third-order valence-corrected chi connectivity index (χ3v) is 5.21. The van der Waals surface area contributed by atoms with Crippen molar-refractivity contribution in [1.29, 1.82) is 0 Å². The number of aryl methyl sites for hydroxylation is 1.